The standard InChI is InChI=1S/C18H26Cl2N2O2/c1-14-6-2-4-10-22(14)11-5-3-9-21-18(23)13-24-17-12-15(19)7-8-16(17)20/h7-8,12,14H,2-6,9-11,13H2,1H3,(H,21,23). The zero-order chi connectivity index (χ0) is 17.4. The molecule has 1 heterocycles. The number of nitrogens with zero attached hydrogens (tertiary/aromatic N) is 1. The molecular weight excluding hydrogens is 347 g/mol. The quantitative estimate of drug-likeness (QED) is 0.697. The first-order chi connectivity index (χ1) is 11.6. The fourth-order valence-electron chi connectivity index (χ4n) is 2.94. The predicted molar refractivity (Wildman–Crippen MR) is 99.1 cm³/mol. The molecule has 134 valence electrons. The third-order valence-corrected chi connectivity index (χ3v) is 4.93. The first kappa shape index (κ1) is 19.4. The van der Waals surface area contributed by atoms with E-state index in [-0.39, 0.29) is 12.5 Å². The molecule has 1 amide bonds. The highest BCUT2D eigenvalue weighted by atomic mass is 35.5. The minimum absolute atomic E-state index is 0.0524. The Morgan fingerprint density at radius 1 is 1.33 bits per heavy atom. The molecule has 6 heteroatoms. The highest BCUT2D eigenvalue weighted by Crippen LogP contribution is 2.27. The van der Waals surface area contributed by atoms with Gasteiger partial charge in [-0.1, -0.05) is 29.6 Å². The smallest absolute Gasteiger partial charge is 0.257 e. The largest absolute Gasteiger partial charge is 0.482 e. The molecule has 0 bridgehead atoms. The van der Waals surface area contributed by atoms with Crippen LogP contribution in [0.1, 0.15) is 39.0 Å². The highest BCUT2D eigenvalue weighted by molar-refractivity contribution is 6.34. The molecule has 0 radical (unpaired) electrons. The number of benzene rings is 1. The van der Waals surface area contributed by atoms with Crippen molar-refractivity contribution < 1.29 is 9.53 Å². The van der Waals surface area contributed by atoms with Gasteiger partial charge in [-0.05, 0) is 57.8 Å². The van der Waals surface area contributed by atoms with Crippen molar-refractivity contribution in [2.75, 3.05) is 26.2 Å². The minimum atomic E-state index is -0.141. The zero-order valence-corrected chi connectivity index (χ0v) is 15.7. The molecule has 1 saturated heterocycles. The maximum Gasteiger partial charge on any atom is 0.257 e. The zero-order valence-electron chi connectivity index (χ0n) is 14.2. The summed E-state index contributed by atoms with van der Waals surface area (Å²) in [6.07, 6.45) is 6.05. The van der Waals surface area contributed by atoms with Crippen molar-refractivity contribution in [1.82, 2.24) is 10.2 Å². The van der Waals surface area contributed by atoms with Crippen molar-refractivity contribution in [3.05, 3.63) is 28.2 Å². The second-order valence-electron chi connectivity index (χ2n) is 6.30. The van der Waals surface area contributed by atoms with Crippen LogP contribution in [0.15, 0.2) is 18.2 Å². The molecule has 1 atom stereocenters. The molecule has 0 saturated carbocycles. The van der Waals surface area contributed by atoms with Gasteiger partial charge in [0.1, 0.15) is 5.75 Å². The maximum atomic E-state index is 11.8. The molecule has 0 aromatic heterocycles. The van der Waals surface area contributed by atoms with E-state index in [9.17, 15) is 4.79 Å². The van der Waals surface area contributed by atoms with Crippen molar-refractivity contribution in [2.24, 2.45) is 0 Å². The number of rotatable bonds is 8. The predicted octanol–water partition coefficient (Wildman–Crippen LogP) is 4.14. The lowest BCUT2D eigenvalue weighted by Crippen LogP contribution is -2.38. The Morgan fingerprint density at radius 2 is 2.17 bits per heavy atom. The number of likely N-dealkylation sites (tertiary alicyclic amines) is 1. The highest BCUT2D eigenvalue weighted by Gasteiger charge is 2.17. The normalized spacial score (nSPS) is 18.4. The van der Waals surface area contributed by atoms with Gasteiger partial charge in [0.05, 0.1) is 5.02 Å². The molecular formula is C18H26Cl2N2O2. The van der Waals surface area contributed by atoms with Crippen LogP contribution < -0.4 is 10.1 Å². The number of halogens is 2. The van der Waals surface area contributed by atoms with Crippen LogP contribution in [0.2, 0.25) is 10.0 Å². The number of ether oxygens (including phenoxy) is 1. The number of piperidine rings is 1. The van der Waals surface area contributed by atoms with Crippen LogP contribution in [0.5, 0.6) is 5.75 Å². The lowest BCUT2D eigenvalue weighted by molar-refractivity contribution is -0.123. The first-order valence-electron chi connectivity index (χ1n) is 8.65. The van der Waals surface area contributed by atoms with Crippen molar-refractivity contribution in [1.29, 1.82) is 0 Å². The van der Waals surface area contributed by atoms with Crippen LogP contribution in [0.3, 0.4) is 0 Å². The minimum Gasteiger partial charge on any atom is -0.482 e. The topological polar surface area (TPSA) is 41.6 Å². The van der Waals surface area contributed by atoms with E-state index in [1.54, 1.807) is 18.2 Å². The van der Waals surface area contributed by atoms with Gasteiger partial charge in [-0.2, -0.15) is 0 Å². The van der Waals surface area contributed by atoms with Crippen LogP contribution in [0.25, 0.3) is 0 Å². The van der Waals surface area contributed by atoms with Crippen LogP contribution in [-0.2, 0) is 4.79 Å². The third-order valence-electron chi connectivity index (χ3n) is 4.39. The molecule has 1 unspecified atom stereocenters. The van der Waals surface area contributed by atoms with Gasteiger partial charge in [-0.25, -0.2) is 0 Å². The molecule has 1 fully saturated rings. The summed E-state index contributed by atoms with van der Waals surface area (Å²) in [6, 6.07) is 5.64. The van der Waals surface area contributed by atoms with Crippen LogP contribution >= 0.6 is 23.2 Å². The molecule has 2 rings (SSSR count). The average molecular weight is 373 g/mol. The monoisotopic (exact) mass is 372 g/mol. The lowest BCUT2D eigenvalue weighted by Gasteiger charge is -2.33. The summed E-state index contributed by atoms with van der Waals surface area (Å²) in [7, 11) is 0. The van der Waals surface area contributed by atoms with E-state index in [4.69, 9.17) is 27.9 Å². The van der Waals surface area contributed by atoms with Crippen LogP contribution in [0.4, 0.5) is 0 Å². The Labute approximate surface area is 154 Å². The summed E-state index contributed by atoms with van der Waals surface area (Å²) in [5.41, 5.74) is 0. The van der Waals surface area contributed by atoms with Gasteiger partial charge < -0.3 is 15.0 Å². The number of carbonyl (C=O) groups excluding carboxylic acids is 1. The number of carbonyl (C=O) groups is 1. The molecule has 1 aliphatic heterocycles. The summed E-state index contributed by atoms with van der Waals surface area (Å²) in [4.78, 5) is 14.4. The first-order valence-corrected chi connectivity index (χ1v) is 9.40. The van der Waals surface area contributed by atoms with Gasteiger partial charge in [-0.15, -0.1) is 0 Å². The van der Waals surface area contributed by atoms with Crippen molar-refractivity contribution >= 4 is 29.1 Å². The van der Waals surface area contributed by atoms with Crippen molar-refractivity contribution in [3.8, 4) is 5.75 Å². The second-order valence-corrected chi connectivity index (χ2v) is 7.14. The number of nitrogens with one attached hydrogen (secondary N) is 1. The summed E-state index contributed by atoms with van der Waals surface area (Å²) < 4.78 is 5.41. The molecule has 24 heavy (non-hydrogen) atoms. The summed E-state index contributed by atoms with van der Waals surface area (Å²) in [6.45, 7) is 5.25. The molecule has 1 aromatic rings. The van der Waals surface area contributed by atoms with E-state index in [1.165, 1.54) is 25.8 Å². The number of unbranched alkanes of at least 4 members (excludes halogenated alkanes) is 1. The maximum absolute atomic E-state index is 11.8. The van der Waals surface area contributed by atoms with Gasteiger partial charge in [0.15, 0.2) is 6.61 Å². The third kappa shape index (κ3) is 6.50. The molecule has 0 aliphatic carbocycles. The summed E-state index contributed by atoms with van der Waals surface area (Å²) in [5, 5.41) is 3.85. The van der Waals surface area contributed by atoms with E-state index in [0.717, 1.165) is 19.4 Å². The number of hydrogen-bond donors (Lipinski definition) is 1. The summed E-state index contributed by atoms with van der Waals surface area (Å²) >= 11 is 11.9. The fraction of sp³-hybridized carbons (Fsp3) is 0.611. The van der Waals surface area contributed by atoms with Gasteiger partial charge in [-0.3, -0.25) is 4.79 Å². The van der Waals surface area contributed by atoms with Crippen molar-refractivity contribution in [2.45, 2.75) is 45.1 Å². The SMILES string of the molecule is CC1CCCCN1CCCCNC(=O)COc1cc(Cl)ccc1Cl. The molecule has 4 nitrogen and oxygen atoms in total. The molecule has 0 spiro atoms. The molecule has 1 aromatic carbocycles. The van der Waals surface area contributed by atoms with Gasteiger partial charge in [0.25, 0.3) is 5.91 Å². The Kier molecular flexibility index (Phi) is 8.16. The molecule has 1 aliphatic rings. The second kappa shape index (κ2) is 10.1. The lowest BCUT2D eigenvalue weighted by atomic mass is 10.0. The van der Waals surface area contributed by atoms with E-state index in [0.29, 0.717) is 28.4 Å². The number of amides is 1. The Morgan fingerprint density at radius 3 is 2.96 bits per heavy atom. The Bertz CT molecular complexity index is 540. The van der Waals surface area contributed by atoms with E-state index in [2.05, 4.69) is 17.1 Å². The van der Waals surface area contributed by atoms with Gasteiger partial charge >= 0.3 is 0 Å². The Balaban J connectivity index is 1.57. The van der Waals surface area contributed by atoms with Crippen LogP contribution in [-0.4, -0.2) is 43.1 Å². The van der Waals surface area contributed by atoms with Gasteiger partial charge in [0.2, 0.25) is 0 Å². The molecule has 1 N–H and O–H groups in total. The van der Waals surface area contributed by atoms with E-state index < -0.39 is 0 Å². The fourth-order valence-corrected chi connectivity index (χ4v) is 3.27. The average Bonchev–Trinajstić information content (AvgIpc) is 2.57. The van der Waals surface area contributed by atoms with E-state index in [1.807, 2.05) is 0 Å². The van der Waals surface area contributed by atoms with Crippen LogP contribution in [0, 0.1) is 0 Å². The van der Waals surface area contributed by atoms with Crippen molar-refractivity contribution in [3.63, 3.8) is 0 Å². The number of hydrogen-bond acceptors (Lipinski definition) is 3. The summed E-state index contributed by atoms with van der Waals surface area (Å²) in [5.74, 6) is 0.288. The van der Waals surface area contributed by atoms with E-state index >= 15 is 0 Å². The Hall–Kier alpha value is -0.970. The van der Waals surface area contributed by atoms with Gasteiger partial charge in [0, 0.05) is 23.7 Å².